The van der Waals surface area contributed by atoms with Crippen LogP contribution in [0.5, 0.6) is 0 Å². The fourth-order valence-electron chi connectivity index (χ4n) is 3.74. The average molecular weight is 388 g/mol. The van der Waals surface area contributed by atoms with E-state index >= 15 is 0 Å². The van der Waals surface area contributed by atoms with Gasteiger partial charge < -0.3 is 15.0 Å². The van der Waals surface area contributed by atoms with Crippen LogP contribution in [0.4, 0.5) is 18.9 Å². The van der Waals surface area contributed by atoms with Gasteiger partial charge in [-0.2, -0.15) is 13.2 Å². The van der Waals surface area contributed by atoms with E-state index in [1.54, 1.807) is 18.2 Å². The highest BCUT2D eigenvalue weighted by molar-refractivity contribution is 5.88. The van der Waals surface area contributed by atoms with Crippen LogP contribution in [0, 0.1) is 0 Å². The summed E-state index contributed by atoms with van der Waals surface area (Å²) in [6, 6.07) is 12.1. The molecule has 1 fully saturated rings. The molecule has 0 spiro atoms. The minimum absolute atomic E-state index is 0.0581. The quantitative estimate of drug-likeness (QED) is 0.693. The lowest BCUT2D eigenvalue weighted by Crippen LogP contribution is -2.38. The van der Waals surface area contributed by atoms with E-state index < -0.39 is 23.4 Å². The third-order valence-electron chi connectivity index (χ3n) is 5.11. The van der Waals surface area contributed by atoms with Crippen LogP contribution in [0.2, 0.25) is 0 Å². The molecule has 0 radical (unpaired) electrons. The van der Waals surface area contributed by atoms with Gasteiger partial charge in [0.15, 0.2) is 0 Å². The van der Waals surface area contributed by atoms with Gasteiger partial charge in [-0.25, -0.2) is 0 Å². The molecule has 0 aliphatic carbocycles. The molecular weight excluding hydrogens is 369 g/mol. The molecular formula is C21H19F3N2O2. The number of piperidine rings is 1. The number of nitrogens with one attached hydrogen (secondary N) is 1. The Hall–Kier alpha value is -2.80. The van der Waals surface area contributed by atoms with Crippen molar-refractivity contribution in [3.63, 3.8) is 0 Å². The number of benzene rings is 2. The number of rotatable bonds is 2. The van der Waals surface area contributed by atoms with Crippen LogP contribution in [0.25, 0.3) is 22.0 Å². The van der Waals surface area contributed by atoms with Gasteiger partial charge in [0.25, 0.3) is 5.56 Å². The second-order valence-corrected chi connectivity index (χ2v) is 7.07. The van der Waals surface area contributed by atoms with E-state index in [0.29, 0.717) is 17.3 Å². The first kappa shape index (κ1) is 18.6. The van der Waals surface area contributed by atoms with Crippen molar-refractivity contribution in [2.24, 2.45) is 0 Å². The van der Waals surface area contributed by atoms with E-state index in [2.05, 4.69) is 4.98 Å². The molecule has 1 aliphatic rings. The fraction of sp³-hybridized carbons (Fsp3) is 0.286. The number of aromatic nitrogens is 1. The van der Waals surface area contributed by atoms with E-state index in [4.69, 9.17) is 0 Å². The molecule has 2 heterocycles. The summed E-state index contributed by atoms with van der Waals surface area (Å²) in [5.74, 6) is 0. The van der Waals surface area contributed by atoms with Crippen molar-refractivity contribution in [2.75, 3.05) is 18.0 Å². The molecule has 28 heavy (non-hydrogen) atoms. The monoisotopic (exact) mass is 388 g/mol. The molecule has 2 N–H and O–H groups in total. The van der Waals surface area contributed by atoms with Crippen molar-refractivity contribution >= 4 is 16.5 Å². The highest BCUT2D eigenvalue weighted by atomic mass is 19.4. The second kappa shape index (κ2) is 6.98. The summed E-state index contributed by atoms with van der Waals surface area (Å²) >= 11 is 0. The van der Waals surface area contributed by atoms with Crippen LogP contribution in [0.3, 0.4) is 0 Å². The number of pyridine rings is 1. The Morgan fingerprint density at radius 3 is 2.64 bits per heavy atom. The number of nitrogens with zero attached hydrogens (tertiary/aromatic N) is 1. The Morgan fingerprint density at radius 1 is 1.11 bits per heavy atom. The number of halogens is 3. The minimum atomic E-state index is -4.51. The molecule has 1 aliphatic heterocycles. The Balaban J connectivity index is 1.79. The Kier molecular flexibility index (Phi) is 4.63. The molecule has 1 saturated heterocycles. The molecule has 3 aromatic rings. The van der Waals surface area contributed by atoms with Gasteiger partial charge in [0.1, 0.15) is 0 Å². The molecule has 7 heteroatoms. The van der Waals surface area contributed by atoms with Gasteiger partial charge in [0.05, 0.1) is 11.7 Å². The van der Waals surface area contributed by atoms with Crippen molar-refractivity contribution in [1.29, 1.82) is 0 Å². The number of aliphatic hydroxyl groups is 1. The molecule has 1 aromatic heterocycles. The highest BCUT2D eigenvalue weighted by Gasteiger charge is 2.33. The van der Waals surface area contributed by atoms with Gasteiger partial charge in [0.2, 0.25) is 0 Å². The van der Waals surface area contributed by atoms with Crippen molar-refractivity contribution in [1.82, 2.24) is 4.98 Å². The fourth-order valence-corrected chi connectivity index (χ4v) is 3.74. The van der Waals surface area contributed by atoms with Crippen LogP contribution in [-0.4, -0.2) is 29.3 Å². The largest absolute Gasteiger partial charge is 0.417 e. The maximum Gasteiger partial charge on any atom is 0.417 e. The zero-order valence-corrected chi connectivity index (χ0v) is 15.0. The molecule has 4 rings (SSSR count). The van der Waals surface area contributed by atoms with Crippen LogP contribution >= 0.6 is 0 Å². The zero-order chi connectivity index (χ0) is 19.9. The summed E-state index contributed by atoms with van der Waals surface area (Å²) in [6.07, 6.45) is -3.29. The summed E-state index contributed by atoms with van der Waals surface area (Å²) in [6.45, 7) is 1.29. The van der Waals surface area contributed by atoms with Crippen LogP contribution in [0.1, 0.15) is 18.4 Å². The van der Waals surface area contributed by atoms with E-state index in [1.807, 2.05) is 11.0 Å². The lowest BCUT2D eigenvalue weighted by atomic mass is 10.0. The third-order valence-corrected chi connectivity index (χ3v) is 5.11. The van der Waals surface area contributed by atoms with Gasteiger partial charge in [0, 0.05) is 35.4 Å². The average Bonchev–Trinajstić information content (AvgIpc) is 2.67. The number of H-pyrrole nitrogens is 1. The number of hydrogen-bond acceptors (Lipinski definition) is 3. The van der Waals surface area contributed by atoms with E-state index in [0.717, 1.165) is 31.1 Å². The second-order valence-electron chi connectivity index (χ2n) is 7.07. The summed E-state index contributed by atoms with van der Waals surface area (Å²) in [7, 11) is 0. The SMILES string of the molecule is O=c1[nH]c(-c2ccccc2C(F)(F)F)cc2ccc(N3CCC[C@@H](O)C3)cc12. The van der Waals surface area contributed by atoms with Crippen molar-refractivity contribution in [3.8, 4) is 11.3 Å². The topological polar surface area (TPSA) is 56.3 Å². The zero-order valence-electron chi connectivity index (χ0n) is 15.0. The first-order valence-electron chi connectivity index (χ1n) is 9.09. The summed E-state index contributed by atoms with van der Waals surface area (Å²) < 4.78 is 40.0. The molecule has 0 saturated carbocycles. The summed E-state index contributed by atoms with van der Waals surface area (Å²) in [5.41, 5.74) is -0.336. The van der Waals surface area contributed by atoms with Gasteiger partial charge in [-0.1, -0.05) is 24.3 Å². The summed E-state index contributed by atoms with van der Waals surface area (Å²) in [4.78, 5) is 17.2. The number of hydrogen-bond donors (Lipinski definition) is 2. The van der Waals surface area contributed by atoms with Gasteiger partial charge in [-0.05, 0) is 42.5 Å². The van der Waals surface area contributed by atoms with Crippen LogP contribution < -0.4 is 10.5 Å². The predicted molar refractivity (Wildman–Crippen MR) is 102 cm³/mol. The number of alkyl halides is 3. The number of anilines is 1. The van der Waals surface area contributed by atoms with Gasteiger partial charge in [-0.15, -0.1) is 0 Å². The van der Waals surface area contributed by atoms with E-state index in [1.165, 1.54) is 18.2 Å². The van der Waals surface area contributed by atoms with Crippen molar-refractivity contribution < 1.29 is 18.3 Å². The van der Waals surface area contributed by atoms with Gasteiger partial charge in [-0.3, -0.25) is 4.79 Å². The molecule has 0 bridgehead atoms. The lowest BCUT2D eigenvalue weighted by Gasteiger charge is -2.32. The maximum absolute atomic E-state index is 13.3. The standard InChI is InChI=1S/C21H19F3N2O2/c22-21(23,24)18-6-2-1-5-16(18)19-10-13-7-8-14(11-17(13)20(28)25-19)26-9-3-4-15(27)12-26/h1-2,5-8,10-11,15,27H,3-4,9,12H2,(H,25,28)/t15-/m1/s1. The number of β-amino-alcohol motifs (C(OH)–C–C–N with tert-alkyl or cyclic N) is 1. The van der Waals surface area contributed by atoms with E-state index in [9.17, 15) is 23.1 Å². The third kappa shape index (κ3) is 3.49. The molecule has 146 valence electrons. The smallest absolute Gasteiger partial charge is 0.391 e. The maximum atomic E-state index is 13.3. The molecule has 1 atom stereocenters. The molecule has 0 amide bonds. The first-order valence-corrected chi connectivity index (χ1v) is 9.09. The molecule has 2 aromatic carbocycles. The van der Waals surface area contributed by atoms with Gasteiger partial charge >= 0.3 is 6.18 Å². The minimum Gasteiger partial charge on any atom is -0.391 e. The summed E-state index contributed by atoms with van der Waals surface area (Å²) in [5, 5.41) is 10.8. The van der Waals surface area contributed by atoms with E-state index in [-0.39, 0.29) is 11.3 Å². The lowest BCUT2D eigenvalue weighted by molar-refractivity contribution is -0.137. The molecule has 0 unspecified atom stereocenters. The Bertz CT molecular complexity index is 1080. The highest BCUT2D eigenvalue weighted by Crippen LogP contribution is 2.36. The van der Waals surface area contributed by atoms with Crippen molar-refractivity contribution in [2.45, 2.75) is 25.1 Å². The number of aliphatic hydroxyl groups excluding tert-OH is 1. The first-order chi connectivity index (χ1) is 13.3. The van der Waals surface area contributed by atoms with Crippen LogP contribution in [0.15, 0.2) is 53.3 Å². The normalized spacial score (nSPS) is 17.9. The number of aromatic amines is 1. The Morgan fingerprint density at radius 2 is 1.89 bits per heavy atom. The van der Waals surface area contributed by atoms with Crippen molar-refractivity contribution in [3.05, 3.63) is 64.4 Å². The number of fused-ring (bicyclic) bond motifs is 1. The molecule has 4 nitrogen and oxygen atoms in total. The van der Waals surface area contributed by atoms with Crippen LogP contribution in [-0.2, 0) is 6.18 Å². The Labute approximate surface area is 159 Å². The predicted octanol–water partition coefficient (Wildman–Crippen LogP) is 4.18.